The van der Waals surface area contributed by atoms with E-state index in [0.29, 0.717) is 17.0 Å². The van der Waals surface area contributed by atoms with Crippen molar-refractivity contribution in [2.45, 2.75) is 12.5 Å². The fourth-order valence-corrected chi connectivity index (χ4v) is 2.77. The van der Waals surface area contributed by atoms with E-state index >= 15 is 0 Å². The maximum Gasteiger partial charge on any atom is 0.333 e. The van der Waals surface area contributed by atoms with E-state index in [0.717, 1.165) is 4.47 Å². The molecule has 0 fully saturated rings. The van der Waals surface area contributed by atoms with Crippen molar-refractivity contribution < 1.29 is 14.6 Å². The Bertz CT molecular complexity index is 659. The molecular weight excluding hydrogens is 334 g/mol. The number of hydrogen-bond donors (Lipinski definition) is 2. The summed E-state index contributed by atoms with van der Waals surface area (Å²) in [7, 11) is 1.57. The van der Waals surface area contributed by atoms with Crippen molar-refractivity contribution in [3.05, 3.63) is 58.6 Å². The summed E-state index contributed by atoms with van der Waals surface area (Å²) in [5.41, 5.74) is 0.0715. The number of hydrogen-bond acceptors (Lipinski definition) is 3. The van der Waals surface area contributed by atoms with Gasteiger partial charge in [-0.3, -0.25) is 0 Å². The fourth-order valence-electron chi connectivity index (χ4n) is 2.09. The van der Waals surface area contributed by atoms with Crippen LogP contribution >= 0.6 is 15.9 Å². The Kier molecular flexibility index (Phi) is 4.53. The zero-order valence-corrected chi connectivity index (χ0v) is 13.3. The molecule has 110 valence electrons. The summed E-state index contributed by atoms with van der Waals surface area (Å²) in [4.78, 5) is 11.8. The molecular formula is C16H16BrNO3. The van der Waals surface area contributed by atoms with Gasteiger partial charge in [0, 0.05) is 21.8 Å². The molecule has 0 aliphatic rings. The molecule has 0 aromatic heterocycles. The number of anilines is 1. The quantitative estimate of drug-likeness (QED) is 0.860. The molecule has 0 heterocycles. The number of ether oxygens (including phenoxy) is 1. The number of benzene rings is 2. The molecule has 0 saturated carbocycles. The van der Waals surface area contributed by atoms with Crippen LogP contribution in [0.3, 0.4) is 0 Å². The zero-order chi connectivity index (χ0) is 15.5. The van der Waals surface area contributed by atoms with Crippen LogP contribution in [0.5, 0.6) is 5.75 Å². The van der Waals surface area contributed by atoms with Gasteiger partial charge < -0.3 is 15.2 Å². The summed E-state index contributed by atoms with van der Waals surface area (Å²) in [6, 6.07) is 14.5. The predicted octanol–water partition coefficient (Wildman–Crippen LogP) is 3.87. The van der Waals surface area contributed by atoms with Crippen LogP contribution in [0.4, 0.5) is 5.69 Å². The fraction of sp³-hybridized carbons (Fsp3) is 0.188. The van der Waals surface area contributed by atoms with E-state index in [9.17, 15) is 9.90 Å². The molecule has 0 saturated heterocycles. The van der Waals surface area contributed by atoms with Gasteiger partial charge in [0.15, 0.2) is 5.54 Å². The standard InChI is InChI=1S/C16H16BrNO3/c1-16(15(19)20,13-8-3-4-9-14(13)17)18-11-6-5-7-12(10-11)21-2/h3-10,18H,1-2H3,(H,19,20). The first kappa shape index (κ1) is 15.4. The zero-order valence-electron chi connectivity index (χ0n) is 11.8. The number of carboxylic acids is 1. The normalized spacial score (nSPS) is 13.3. The minimum atomic E-state index is -1.26. The lowest BCUT2D eigenvalue weighted by atomic mass is 9.91. The predicted molar refractivity (Wildman–Crippen MR) is 85.7 cm³/mol. The molecule has 2 aromatic rings. The summed E-state index contributed by atoms with van der Waals surface area (Å²) in [5, 5.41) is 12.8. The lowest BCUT2D eigenvalue weighted by Gasteiger charge is -2.29. The van der Waals surface area contributed by atoms with E-state index < -0.39 is 11.5 Å². The smallest absolute Gasteiger partial charge is 0.333 e. The molecule has 0 bridgehead atoms. The van der Waals surface area contributed by atoms with Gasteiger partial charge in [-0.15, -0.1) is 0 Å². The molecule has 0 amide bonds. The van der Waals surface area contributed by atoms with Crippen LogP contribution in [0, 0.1) is 0 Å². The first-order chi connectivity index (χ1) is 9.97. The minimum Gasteiger partial charge on any atom is -0.497 e. The molecule has 1 atom stereocenters. The van der Waals surface area contributed by atoms with Crippen molar-refractivity contribution in [2.24, 2.45) is 0 Å². The third-order valence-electron chi connectivity index (χ3n) is 3.30. The van der Waals surface area contributed by atoms with Crippen molar-refractivity contribution >= 4 is 27.6 Å². The van der Waals surface area contributed by atoms with Gasteiger partial charge in [-0.2, -0.15) is 0 Å². The van der Waals surface area contributed by atoms with Gasteiger partial charge in [-0.25, -0.2) is 4.79 Å². The third kappa shape index (κ3) is 3.19. The maximum atomic E-state index is 11.8. The number of aliphatic carboxylic acids is 1. The number of nitrogens with one attached hydrogen (secondary N) is 1. The van der Waals surface area contributed by atoms with Gasteiger partial charge >= 0.3 is 5.97 Å². The van der Waals surface area contributed by atoms with Crippen LogP contribution in [0.15, 0.2) is 53.0 Å². The summed E-state index contributed by atoms with van der Waals surface area (Å²) < 4.78 is 5.90. The Morgan fingerprint density at radius 3 is 2.57 bits per heavy atom. The topological polar surface area (TPSA) is 58.6 Å². The number of methoxy groups -OCH3 is 1. The molecule has 0 radical (unpaired) electrons. The van der Waals surface area contributed by atoms with Crippen molar-refractivity contribution in [3.63, 3.8) is 0 Å². The Labute approximate surface area is 131 Å². The van der Waals surface area contributed by atoms with Crippen LogP contribution in [0.1, 0.15) is 12.5 Å². The highest BCUT2D eigenvalue weighted by Crippen LogP contribution is 2.32. The molecule has 21 heavy (non-hydrogen) atoms. The highest BCUT2D eigenvalue weighted by Gasteiger charge is 2.36. The van der Waals surface area contributed by atoms with Crippen LogP contribution < -0.4 is 10.1 Å². The van der Waals surface area contributed by atoms with Gasteiger partial charge in [0.1, 0.15) is 5.75 Å². The van der Waals surface area contributed by atoms with E-state index in [2.05, 4.69) is 21.2 Å². The SMILES string of the molecule is COc1cccc(NC(C)(C(=O)O)c2ccccc2Br)c1. The molecule has 0 aliphatic carbocycles. The second-order valence-corrected chi connectivity index (χ2v) is 5.62. The third-order valence-corrected chi connectivity index (χ3v) is 4.00. The van der Waals surface area contributed by atoms with Gasteiger partial charge in [0.2, 0.25) is 0 Å². The Morgan fingerprint density at radius 1 is 1.24 bits per heavy atom. The van der Waals surface area contributed by atoms with Gasteiger partial charge in [0.05, 0.1) is 7.11 Å². The van der Waals surface area contributed by atoms with Crippen molar-refractivity contribution in [3.8, 4) is 5.75 Å². The molecule has 0 spiro atoms. The monoisotopic (exact) mass is 349 g/mol. The summed E-state index contributed by atoms with van der Waals surface area (Å²) >= 11 is 3.41. The number of carbonyl (C=O) groups is 1. The molecule has 2 rings (SSSR count). The molecule has 2 N–H and O–H groups in total. The largest absolute Gasteiger partial charge is 0.497 e. The van der Waals surface area contributed by atoms with Crippen molar-refractivity contribution in [2.75, 3.05) is 12.4 Å². The molecule has 1 unspecified atom stereocenters. The Morgan fingerprint density at radius 2 is 1.95 bits per heavy atom. The molecule has 2 aromatic carbocycles. The highest BCUT2D eigenvalue weighted by molar-refractivity contribution is 9.10. The lowest BCUT2D eigenvalue weighted by molar-refractivity contribution is -0.142. The van der Waals surface area contributed by atoms with Gasteiger partial charge in [-0.05, 0) is 25.1 Å². The summed E-state index contributed by atoms with van der Waals surface area (Å²) in [6.45, 7) is 1.63. The van der Waals surface area contributed by atoms with E-state index in [-0.39, 0.29) is 0 Å². The minimum absolute atomic E-state index is 0.653. The average Bonchev–Trinajstić information content (AvgIpc) is 2.47. The van der Waals surface area contributed by atoms with E-state index in [4.69, 9.17) is 4.74 Å². The van der Waals surface area contributed by atoms with Crippen LogP contribution in [0.25, 0.3) is 0 Å². The first-order valence-electron chi connectivity index (χ1n) is 6.38. The first-order valence-corrected chi connectivity index (χ1v) is 7.17. The lowest BCUT2D eigenvalue weighted by Crippen LogP contribution is -2.40. The summed E-state index contributed by atoms with van der Waals surface area (Å²) in [6.07, 6.45) is 0. The van der Waals surface area contributed by atoms with Crippen LogP contribution in [0.2, 0.25) is 0 Å². The van der Waals surface area contributed by atoms with Crippen molar-refractivity contribution in [1.82, 2.24) is 0 Å². The Hall–Kier alpha value is -2.01. The van der Waals surface area contributed by atoms with Gasteiger partial charge in [-0.1, -0.05) is 40.2 Å². The summed E-state index contributed by atoms with van der Waals surface area (Å²) in [5.74, 6) is -0.294. The van der Waals surface area contributed by atoms with E-state index in [1.54, 1.807) is 32.2 Å². The number of carboxylic acid groups (broad SMARTS) is 1. The van der Waals surface area contributed by atoms with Crippen molar-refractivity contribution in [1.29, 1.82) is 0 Å². The van der Waals surface area contributed by atoms with E-state index in [1.165, 1.54) is 0 Å². The number of halogens is 1. The second kappa shape index (κ2) is 6.18. The number of rotatable bonds is 5. The Balaban J connectivity index is 2.44. The van der Waals surface area contributed by atoms with E-state index in [1.807, 2.05) is 30.3 Å². The second-order valence-electron chi connectivity index (χ2n) is 4.77. The van der Waals surface area contributed by atoms with Crippen LogP contribution in [-0.2, 0) is 10.3 Å². The van der Waals surface area contributed by atoms with Gasteiger partial charge in [0.25, 0.3) is 0 Å². The molecule has 0 aliphatic heterocycles. The average molecular weight is 350 g/mol. The molecule has 4 nitrogen and oxygen atoms in total. The van der Waals surface area contributed by atoms with Crippen LogP contribution in [-0.4, -0.2) is 18.2 Å². The highest BCUT2D eigenvalue weighted by atomic mass is 79.9. The molecule has 5 heteroatoms. The maximum absolute atomic E-state index is 11.8.